The molecule has 1 aromatic heterocycles. The molecule has 0 atom stereocenters. The highest BCUT2D eigenvalue weighted by Crippen LogP contribution is 2.31. The Morgan fingerprint density at radius 1 is 0.955 bits per heavy atom. The van der Waals surface area contributed by atoms with Crippen molar-refractivity contribution >= 4 is 0 Å². The highest BCUT2D eigenvalue weighted by Gasteiger charge is 2.31. The highest BCUT2D eigenvalue weighted by atomic mass is 19.4. The molecule has 0 aliphatic carbocycles. The van der Waals surface area contributed by atoms with Gasteiger partial charge in [-0.2, -0.15) is 13.2 Å². The average Bonchev–Trinajstić information content (AvgIpc) is 2.36. The van der Waals surface area contributed by atoms with Gasteiger partial charge in [-0.1, -0.05) is 20.8 Å². The summed E-state index contributed by atoms with van der Waals surface area (Å²) in [7, 11) is 0. The molecule has 2 rings (SSSR count). The van der Waals surface area contributed by atoms with E-state index in [0.717, 1.165) is 17.8 Å². The Morgan fingerprint density at radius 2 is 1.64 bits per heavy atom. The Bertz CT molecular complexity index is 673. The van der Waals surface area contributed by atoms with Crippen LogP contribution >= 0.6 is 0 Å². The molecule has 6 heteroatoms. The minimum Gasteiger partial charge on any atom is -0.241 e. The molecule has 118 valence electrons. The maximum Gasteiger partial charge on any atom is 0.416 e. The van der Waals surface area contributed by atoms with Crippen molar-refractivity contribution in [1.29, 1.82) is 0 Å². The molecule has 0 N–H and O–H groups in total. The summed E-state index contributed by atoms with van der Waals surface area (Å²) in [5, 5.41) is 0. The number of benzene rings is 1. The van der Waals surface area contributed by atoms with Crippen molar-refractivity contribution in [2.75, 3.05) is 0 Å². The largest absolute Gasteiger partial charge is 0.416 e. The van der Waals surface area contributed by atoms with E-state index in [-0.39, 0.29) is 17.4 Å². The van der Waals surface area contributed by atoms with Crippen LogP contribution in [0.2, 0.25) is 0 Å². The second-order valence-corrected chi connectivity index (χ2v) is 6.17. The van der Waals surface area contributed by atoms with Gasteiger partial charge in [-0.05, 0) is 29.8 Å². The van der Waals surface area contributed by atoms with E-state index in [2.05, 4.69) is 9.97 Å². The Balaban J connectivity index is 2.34. The summed E-state index contributed by atoms with van der Waals surface area (Å²) in [5.41, 5.74) is 0.374. The van der Waals surface area contributed by atoms with Crippen LogP contribution in [0.5, 0.6) is 0 Å². The summed E-state index contributed by atoms with van der Waals surface area (Å²) in [6.45, 7) is 5.93. The summed E-state index contributed by atoms with van der Waals surface area (Å²) in [4.78, 5) is 8.22. The number of nitrogens with zero attached hydrogens (tertiary/aromatic N) is 2. The standard InChI is InChI=1S/C16H16F4N2/c1-15(2,3)14-8-13(21-9-22-14)6-10-4-11(16(18,19)20)7-12(17)5-10/h4-5,7-9H,6H2,1-3H3. The third-order valence-corrected chi connectivity index (χ3v) is 3.16. The summed E-state index contributed by atoms with van der Waals surface area (Å²) in [5.74, 6) is -0.907. The molecule has 0 saturated heterocycles. The predicted molar refractivity (Wildman–Crippen MR) is 74.9 cm³/mol. The maximum atomic E-state index is 13.4. The van der Waals surface area contributed by atoms with Gasteiger partial charge in [0.1, 0.15) is 12.1 Å². The molecule has 0 saturated carbocycles. The Morgan fingerprint density at radius 3 is 2.23 bits per heavy atom. The molecule has 0 spiro atoms. The third kappa shape index (κ3) is 4.02. The van der Waals surface area contributed by atoms with E-state index in [1.165, 1.54) is 6.33 Å². The molecule has 1 heterocycles. The van der Waals surface area contributed by atoms with Crippen molar-refractivity contribution in [3.63, 3.8) is 0 Å². The van der Waals surface area contributed by atoms with Crippen LogP contribution in [-0.2, 0) is 18.0 Å². The van der Waals surface area contributed by atoms with Gasteiger partial charge in [0, 0.05) is 23.2 Å². The Kier molecular flexibility index (Phi) is 4.22. The van der Waals surface area contributed by atoms with Gasteiger partial charge in [-0.25, -0.2) is 14.4 Å². The third-order valence-electron chi connectivity index (χ3n) is 3.16. The molecule has 1 aromatic carbocycles. The first-order valence-electron chi connectivity index (χ1n) is 6.74. The van der Waals surface area contributed by atoms with Crippen LogP contribution in [-0.4, -0.2) is 9.97 Å². The second kappa shape index (κ2) is 5.66. The first kappa shape index (κ1) is 16.4. The first-order valence-corrected chi connectivity index (χ1v) is 6.74. The lowest BCUT2D eigenvalue weighted by Gasteiger charge is -2.17. The molecule has 0 fully saturated rings. The fraction of sp³-hybridized carbons (Fsp3) is 0.375. The van der Waals surface area contributed by atoms with Crippen LogP contribution in [0.15, 0.2) is 30.6 Å². The smallest absolute Gasteiger partial charge is 0.241 e. The molecule has 0 aliphatic heterocycles. The SMILES string of the molecule is CC(C)(C)c1cc(Cc2cc(F)cc(C(F)(F)F)c2)ncn1. The zero-order valence-electron chi connectivity index (χ0n) is 12.5. The molecule has 0 amide bonds. The Hall–Kier alpha value is -1.98. The van der Waals surface area contributed by atoms with Crippen molar-refractivity contribution in [2.24, 2.45) is 0 Å². The molecule has 0 unspecified atom stereocenters. The normalized spacial score (nSPS) is 12.5. The van der Waals surface area contributed by atoms with E-state index in [9.17, 15) is 17.6 Å². The number of alkyl halides is 3. The van der Waals surface area contributed by atoms with Crippen molar-refractivity contribution in [2.45, 2.75) is 38.8 Å². The minimum absolute atomic E-state index is 0.117. The number of halogens is 4. The van der Waals surface area contributed by atoms with Crippen molar-refractivity contribution in [3.8, 4) is 0 Å². The van der Waals surface area contributed by atoms with E-state index in [0.29, 0.717) is 11.8 Å². The second-order valence-electron chi connectivity index (χ2n) is 6.17. The van der Waals surface area contributed by atoms with E-state index in [4.69, 9.17) is 0 Å². The van der Waals surface area contributed by atoms with Gasteiger partial charge in [-0.15, -0.1) is 0 Å². The van der Waals surface area contributed by atoms with Crippen LogP contribution in [0.3, 0.4) is 0 Å². The van der Waals surface area contributed by atoms with E-state index < -0.39 is 17.6 Å². The zero-order valence-corrected chi connectivity index (χ0v) is 12.5. The quantitative estimate of drug-likeness (QED) is 0.762. The predicted octanol–water partition coefficient (Wildman–Crippen LogP) is 4.52. The van der Waals surface area contributed by atoms with Gasteiger partial charge < -0.3 is 0 Å². The monoisotopic (exact) mass is 312 g/mol. The number of hydrogen-bond donors (Lipinski definition) is 0. The summed E-state index contributed by atoms with van der Waals surface area (Å²) in [6, 6.07) is 4.26. The van der Waals surface area contributed by atoms with E-state index in [1.807, 2.05) is 20.8 Å². The summed E-state index contributed by atoms with van der Waals surface area (Å²) >= 11 is 0. The van der Waals surface area contributed by atoms with Gasteiger partial charge >= 0.3 is 6.18 Å². The molecule has 2 aromatic rings. The van der Waals surface area contributed by atoms with E-state index in [1.54, 1.807) is 6.07 Å². The lowest BCUT2D eigenvalue weighted by Crippen LogP contribution is -2.14. The molecule has 0 bridgehead atoms. The number of aromatic nitrogens is 2. The average molecular weight is 312 g/mol. The molecular weight excluding hydrogens is 296 g/mol. The number of rotatable bonds is 2. The van der Waals surface area contributed by atoms with Crippen molar-refractivity contribution in [3.05, 3.63) is 58.9 Å². The first-order chi connectivity index (χ1) is 10.1. The molecule has 0 radical (unpaired) electrons. The minimum atomic E-state index is -4.57. The number of hydrogen-bond acceptors (Lipinski definition) is 2. The summed E-state index contributed by atoms with van der Waals surface area (Å²) < 4.78 is 51.5. The van der Waals surface area contributed by atoms with Gasteiger partial charge in [0.2, 0.25) is 0 Å². The zero-order chi connectivity index (χ0) is 16.5. The van der Waals surface area contributed by atoms with Crippen LogP contribution in [0, 0.1) is 5.82 Å². The van der Waals surface area contributed by atoms with E-state index >= 15 is 0 Å². The van der Waals surface area contributed by atoms with Crippen LogP contribution in [0.4, 0.5) is 17.6 Å². The van der Waals surface area contributed by atoms with Crippen molar-refractivity contribution < 1.29 is 17.6 Å². The van der Waals surface area contributed by atoms with Gasteiger partial charge in [0.15, 0.2) is 0 Å². The fourth-order valence-electron chi connectivity index (χ4n) is 2.03. The maximum absolute atomic E-state index is 13.4. The highest BCUT2D eigenvalue weighted by molar-refractivity contribution is 5.30. The van der Waals surface area contributed by atoms with Crippen LogP contribution in [0.1, 0.15) is 43.3 Å². The summed E-state index contributed by atoms with van der Waals surface area (Å²) in [6.07, 6.45) is -3.08. The molecule has 22 heavy (non-hydrogen) atoms. The van der Waals surface area contributed by atoms with Gasteiger partial charge in [0.05, 0.1) is 5.56 Å². The fourth-order valence-corrected chi connectivity index (χ4v) is 2.03. The molecular formula is C16H16F4N2. The lowest BCUT2D eigenvalue weighted by atomic mass is 9.91. The lowest BCUT2D eigenvalue weighted by molar-refractivity contribution is -0.137. The van der Waals surface area contributed by atoms with Gasteiger partial charge in [0.25, 0.3) is 0 Å². The topological polar surface area (TPSA) is 25.8 Å². The van der Waals surface area contributed by atoms with Crippen LogP contribution in [0.25, 0.3) is 0 Å². The van der Waals surface area contributed by atoms with Crippen LogP contribution < -0.4 is 0 Å². The Labute approximate surface area is 126 Å². The molecule has 2 nitrogen and oxygen atoms in total. The van der Waals surface area contributed by atoms with Gasteiger partial charge in [-0.3, -0.25) is 0 Å². The van der Waals surface area contributed by atoms with Crippen molar-refractivity contribution in [1.82, 2.24) is 9.97 Å². The molecule has 0 aliphatic rings.